The summed E-state index contributed by atoms with van der Waals surface area (Å²) in [6, 6.07) is 5.50. The van der Waals surface area contributed by atoms with E-state index in [1.54, 1.807) is 14.2 Å². The SMILES string of the molecule is COc1cccc(-c2noc(CCN)n2)c1OC.Cl. The van der Waals surface area contributed by atoms with Crippen LogP contribution in [0.4, 0.5) is 0 Å². The molecule has 7 heteroatoms. The number of benzene rings is 1. The average molecular weight is 286 g/mol. The summed E-state index contributed by atoms with van der Waals surface area (Å²) < 4.78 is 15.6. The van der Waals surface area contributed by atoms with Crippen molar-refractivity contribution in [2.45, 2.75) is 6.42 Å². The molecule has 0 radical (unpaired) electrons. The molecule has 0 saturated heterocycles. The maximum Gasteiger partial charge on any atom is 0.228 e. The lowest BCUT2D eigenvalue weighted by molar-refractivity contribution is 0.355. The number of rotatable bonds is 5. The van der Waals surface area contributed by atoms with Crippen molar-refractivity contribution in [1.82, 2.24) is 10.1 Å². The van der Waals surface area contributed by atoms with Gasteiger partial charge in [0.2, 0.25) is 11.7 Å². The highest BCUT2D eigenvalue weighted by Gasteiger charge is 2.16. The van der Waals surface area contributed by atoms with Gasteiger partial charge in [0.15, 0.2) is 11.5 Å². The Balaban J connectivity index is 0.00000180. The number of hydrogen-bond donors (Lipinski definition) is 1. The summed E-state index contributed by atoms with van der Waals surface area (Å²) in [6.45, 7) is 0.469. The molecule has 0 bridgehead atoms. The summed E-state index contributed by atoms with van der Waals surface area (Å²) in [6.07, 6.45) is 0.555. The van der Waals surface area contributed by atoms with Gasteiger partial charge < -0.3 is 19.7 Å². The van der Waals surface area contributed by atoms with E-state index < -0.39 is 0 Å². The van der Waals surface area contributed by atoms with Gasteiger partial charge in [0.05, 0.1) is 19.8 Å². The summed E-state index contributed by atoms with van der Waals surface area (Å²) in [5, 5.41) is 3.91. The standard InChI is InChI=1S/C12H15N3O3.ClH/c1-16-9-5-3-4-8(11(9)17-2)12-14-10(6-7-13)18-15-12;/h3-5H,6-7,13H2,1-2H3;1H. The predicted molar refractivity (Wildman–Crippen MR) is 72.8 cm³/mol. The van der Waals surface area contributed by atoms with Crippen LogP contribution in [0.5, 0.6) is 11.5 Å². The molecule has 1 aromatic carbocycles. The van der Waals surface area contributed by atoms with Gasteiger partial charge in [-0.3, -0.25) is 0 Å². The second-order valence-electron chi connectivity index (χ2n) is 3.59. The molecule has 2 aromatic rings. The molecule has 0 spiro atoms. The Morgan fingerprint density at radius 2 is 2.05 bits per heavy atom. The molecule has 0 aliphatic carbocycles. The van der Waals surface area contributed by atoms with Gasteiger partial charge in [0.1, 0.15) is 0 Å². The average Bonchev–Trinajstić information content (AvgIpc) is 2.86. The molecular formula is C12H16ClN3O3. The maximum atomic E-state index is 5.44. The second kappa shape index (κ2) is 6.96. The highest BCUT2D eigenvalue weighted by Crippen LogP contribution is 2.36. The van der Waals surface area contributed by atoms with Gasteiger partial charge in [-0.25, -0.2) is 0 Å². The van der Waals surface area contributed by atoms with E-state index in [4.69, 9.17) is 19.7 Å². The molecule has 6 nitrogen and oxygen atoms in total. The van der Waals surface area contributed by atoms with Gasteiger partial charge in [0, 0.05) is 13.0 Å². The Kier molecular flexibility index (Phi) is 5.59. The number of aromatic nitrogens is 2. The van der Waals surface area contributed by atoms with Crippen molar-refractivity contribution in [2.24, 2.45) is 5.73 Å². The van der Waals surface area contributed by atoms with Gasteiger partial charge in [-0.15, -0.1) is 12.4 Å². The topological polar surface area (TPSA) is 83.4 Å². The molecule has 1 heterocycles. The lowest BCUT2D eigenvalue weighted by Gasteiger charge is -2.09. The Bertz CT molecular complexity index is 531. The van der Waals surface area contributed by atoms with E-state index in [1.807, 2.05) is 18.2 Å². The van der Waals surface area contributed by atoms with Crippen molar-refractivity contribution in [2.75, 3.05) is 20.8 Å². The largest absolute Gasteiger partial charge is 0.493 e. The lowest BCUT2D eigenvalue weighted by Crippen LogP contribution is -2.02. The van der Waals surface area contributed by atoms with Crippen molar-refractivity contribution >= 4 is 12.4 Å². The zero-order valence-electron chi connectivity index (χ0n) is 10.8. The smallest absolute Gasteiger partial charge is 0.228 e. The number of ether oxygens (including phenoxy) is 2. The Labute approximate surface area is 117 Å². The predicted octanol–water partition coefficient (Wildman–Crippen LogP) is 1.68. The minimum atomic E-state index is 0. The molecule has 0 saturated carbocycles. The van der Waals surface area contributed by atoms with Crippen molar-refractivity contribution in [3.8, 4) is 22.9 Å². The second-order valence-corrected chi connectivity index (χ2v) is 3.59. The summed E-state index contributed by atoms with van der Waals surface area (Å²) in [5.41, 5.74) is 6.16. The molecule has 0 aliphatic heterocycles. The molecule has 0 aliphatic rings. The third kappa shape index (κ3) is 3.15. The Hall–Kier alpha value is -1.79. The van der Waals surface area contributed by atoms with E-state index in [0.29, 0.717) is 36.2 Å². The third-order valence-electron chi connectivity index (χ3n) is 2.47. The minimum Gasteiger partial charge on any atom is -0.493 e. The minimum absolute atomic E-state index is 0. The fraction of sp³-hybridized carbons (Fsp3) is 0.333. The third-order valence-corrected chi connectivity index (χ3v) is 2.47. The molecule has 0 amide bonds. The van der Waals surface area contributed by atoms with E-state index >= 15 is 0 Å². The first-order valence-electron chi connectivity index (χ1n) is 5.54. The van der Waals surface area contributed by atoms with E-state index in [-0.39, 0.29) is 12.4 Å². The molecule has 19 heavy (non-hydrogen) atoms. The van der Waals surface area contributed by atoms with Crippen molar-refractivity contribution in [1.29, 1.82) is 0 Å². The molecule has 1 aromatic heterocycles. The molecule has 0 atom stereocenters. The van der Waals surface area contributed by atoms with E-state index in [0.717, 1.165) is 5.56 Å². The molecule has 104 valence electrons. The van der Waals surface area contributed by atoms with Crippen LogP contribution >= 0.6 is 12.4 Å². The number of nitrogens with zero attached hydrogens (tertiary/aromatic N) is 2. The highest BCUT2D eigenvalue weighted by molar-refractivity contribution is 5.85. The van der Waals surface area contributed by atoms with Crippen molar-refractivity contribution in [3.05, 3.63) is 24.1 Å². The molecule has 2 N–H and O–H groups in total. The highest BCUT2D eigenvalue weighted by atomic mass is 35.5. The van der Waals surface area contributed by atoms with E-state index in [9.17, 15) is 0 Å². The van der Waals surface area contributed by atoms with Crippen LogP contribution in [0.15, 0.2) is 22.7 Å². The fourth-order valence-electron chi connectivity index (χ4n) is 1.65. The fourth-order valence-corrected chi connectivity index (χ4v) is 1.65. The van der Waals surface area contributed by atoms with Crippen LogP contribution in [0.2, 0.25) is 0 Å². The first-order valence-corrected chi connectivity index (χ1v) is 5.54. The van der Waals surface area contributed by atoms with Crippen LogP contribution in [0, 0.1) is 0 Å². The molecule has 0 unspecified atom stereocenters. The number of hydrogen-bond acceptors (Lipinski definition) is 6. The number of halogens is 1. The number of para-hydroxylation sites is 1. The normalized spacial score (nSPS) is 9.84. The van der Waals surface area contributed by atoms with Crippen LogP contribution in [-0.4, -0.2) is 30.9 Å². The zero-order valence-corrected chi connectivity index (χ0v) is 11.6. The van der Waals surface area contributed by atoms with Crippen LogP contribution in [0.25, 0.3) is 11.4 Å². The first kappa shape index (κ1) is 15.3. The molecule has 2 rings (SSSR count). The van der Waals surface area contributed by atoms with Crippen LogP contribution in [-0.2, 0) is 6.42 Å². The van der Waals surface area contributed by atoms with Gasteiger partial charge >= 0.3 is 0 Å². The summed E-state index contributed by atoms with van der Waals surface area (Å²) in [7, 11) is 3.15. The molecule has 0 fully saturated rings. The first-order chi connectivity index (χ1) is 8.80. The van der Waals surface area contributed by atoms with Crippen LogP contribution < -0.4 is 15.2 Å². The Morgan fingerprint density at radius 3 is 2.68 bits per heavy atom. The monoisotopic (exact) mass is 285 g/mol. The summed E-state index contributed by atoms with van der Waals surface area (Å²) in [5.74, 6) is 2.19. The van der Waals surface area contributed by atoms with E-state index in [1.165, 1.54) is 0 Å². The van der Waals surface area contributed by atoms with Gasteiger partial charge in [0.25, 0.3) is 0 Å². The number of methoxy groups -OCH3 is 2. The van der Waals surface area contributed by atoms with Gasteiger partial charge in [-0.2, -0.15) is 4.98 Å². The molecular weight excluding hydrogens is 270 g/mol. The van der Waals surface area contributed by atoms with Crippen molar-refractivity contribution < 1.29 is 14.0 Å². The van der Waals surface area contributed by atoms with Crippen LogP contribution in [0.1, 0.15) is 5.89 Å². The van der Waals surface area contributed by atoms with Gasteiger partial charge in [-0.1, -0.05) is 11.2 Å². The lowest BCUT2D eigenvalue weighted by atomic mass is 10.1. The number of nitrogens with two attached hydrogens (primary N) is 1. The van der Waals surface area contributed by atoms with Crippen molar-refractivity contribution in [3.63, 3.8) is 0 Å². The van der Waals surface area contributed by atoms with Gasteiger partial charge in [-0.05, 0) is 12.1 Å². The van der Waals surface area contributed by atoms with Crippen LogP contribution in [0.3, 0.4) is 0 Å². The summed E-state index contributed by atoms with van der Waals surface area (Å²) >= 11 is 0. The quantitative estimate of drug-likeness (QED) is 0.900. The Morgan fingerprint density at radius 1 is 1.26 bits per heavy atom. The van der Waals surface area contributed by atoms with E-state index in [2.05, 4.69) is 10.1 Å². The zero-order chi connectivity index (χ0) is 13.0. The summed E-state index contributed by atoms with van der Waals surface area (Å²) in [4.78, 5) is 4.26. The maximum absolute atomic E-state index is 5.44.